The van der Waals surface area contributed by atoms with E-state index in [4.69, 9.17) is 16.3 Å². The molecule has 0 radical (unpaired) electrons. The number of nitrogens with one attached hydrogen (secondary N) is 2. The molecular weight excluding hydrogens is 427 g/mol. The lowest BCUT2D eigenvalue weighted by Crippen LogP contribution is -2.54. The molecule has 9 nitrogen and oxygen atoms in total. The van der Waals surface area contributed by atoms with E-state index in [9.17, 15) is 14.0 Å². The molecule has 1 aromatic carbocycles. The van der Waals surface area contributed by atoms with E-state index in [1.165, 1.54) is 13.2 Å². The van der Waals surface area contributed by atoms with Gasteiger partial charge in [-0.2, -0.15) is 4.98 Å². The third-order valence-corrected chi connectivity index (χ3v) is 5.74. The fourth-order valence-electron chi connectivity index (χ4n) is 3.88. The van der Waals surface area contributed by atoms with E-state index >= 15 is 0 Å². The van der Waals surface area contributed by atoms with E-state index in [1.807, 2.05) is 9.80 Å². The number of piperidine rings is 1. The lowest BCUT2D eigenvalue weighted by molar-refractivity contribution is 0.160. The van der Waals surface area contributed by atoms with Crippen LogP contribution in [0.1, 0.15) is 31.2 Å². The van der Waals surface area contributed by atoms with Crippen molar-refractivity contribution < 1.29 is 13.9 Å². The molecule has 2 heterocycles. The van der Waals surface area contributed by atoms with Crippen molar-refractivity contribution in [3.8, 4) is 6.01 Å². The number of carbonyl (C=O) groups excluding carboxylic acids is 1. The highest BCUT2D eigenvalue weighted by atomic mass is 35.5. The van der Waals surface area contributed by atoms with Crippen molar-refractivity contribution in [3.05, 3.63) is 45.1 Å². The second-order valence-electron chi connectivity index (χ2n) is 7.74. The minimum absolute atomic E-state index is 0.00246. The largest absolute Gasteiger partial charge is 0.467 e. The van der Waals surface area contributed by atoms with Crippen LogP contribution in [0.4, 0.5) is 15.1 Å². The zero-order chi connectivity index (χ0) is 22.0. The number of hydrogen-bond acceptors (Lipinski definition) is 6. The maximum Gasteiger partial charge on any atom is 0.352 e. The van der Waals surface area contributed by atoms with Crippen LogP contribution < -0.4 is 20.6 Å². The number of aromatic nitrogens is 3. The zero-order valence-corrected chi connectivity index (χ0v) is 17.9. The Kier molecular flexibility index (Phi) is 6.26. The average Bonchev–Trinajstić information content (AvgIpc) is 3.58. The number of benzene rings is 1. The summed E-state index contributed by atoms with van der Waals surface area (Å²) in [6.45, 7) is 1.30. The van der Waals surface area contributed by atoms with Crippen molar-refractivity contribution in [3.63, 3.8) is 0 Å². The van der Waals surface area contributed by atoms with Crippen molar-refractivity contribution in [1.29, 1.82) is 0 Å². The van der Waals surface area contributed by atoms with Crippen LogP contribution in [0.5, 0.6) is 6.01 Å². The molecule has 11 heteroatoms. The molecule has 1 aromatic heterocycles. The number of aromatic amines is 1. The summed E-state index contributed by atoms with van der Waals surface area (Å²) in [5.74, 6) is -0.0720. The number of ether oxygens (including phenoxy) is 1. The molecule has 1 aliphatic carbocycles. The Morgan fingerprint density at radius 2 is 2.16 bits per heavy atom. The number of nitrogens with zero attached hydrogens (tertiary/aromatic N) is 4. The van der Waals surface area contributed by atoms with Crippen LogP contribution in [-0.2, 0) is 6.54 Å². The summed E-state index contributed by atoms with van der Waals surface area (Å²) >= 11 is 5.80. The monoisotopic (exact) mass is 450 g/mol. The lowest BCUT2D eigenvalue weighted by atomic mass is 10.0. The first-order chi connectivity index (χ1) is 14.9. The van der Waals surface area contributed by atoms with Crippen LogP contribution in [0.3, 0.4) is 0 Å². The number of amides is 2. The number of H-pyrrole nitrogens is 1. The number of carbonyl (C=O) groups is 1. The Morgan fingerprint density at radius 3 is 2.87 bits per heavy atom. The molecule has 2 N–H and O–H groups in total. The van der Waals surface area contributed by atoms with Gasteiger partial charge in [0.15, 0.2) is 0 Å². The number of halogens is 2. The first-order valence-corrected chi connectivity index (χ1v) is 10.6. The first-order valence-electron chi connectivity index (χ1n) is 10.2. The van der Waals surface area contributed by atoms with Crippen molar-refractivity contribution in [2.75, 3.05) is 25.1 Å². The van der Waals surface area contributed by atoms with Crippen molar-refractivity contribution in [2.45, 2.75) is 44.3 Å². The Labute approximate surface area is 183 Å². The van der Waals surface area contributed by atoms with Gasteiger partial charge in [0.25, 0.3) is 0 Å². The number of methoxy groups -OCH3 is 1. The standard InChI is InChI=1S/C20H24ClFN6O3/c1-31-19-25-17(24-18(29)26-19)27-8-2-3-15(11-27)28(14-6-7-14)20(30)23-10-12-4-5-13(21)9-16(12)22/h4-5,9,14-15H,2-3,6-8,10-11H2,1H3,(H,23,30)(H,24,25,26,29)/t15-/m1/s1. The Hall–Kier alpha value is -2.88. The zero-order valence-electron chi connectivity index (χ0n) is 17.1. The molecule has 1 saturated carbocycles. The summed E-state index contributed by atoms with van der Waals surface area (Å²) in [5, 5.41) is 3.16. The quantitative estimate of drug-likeness (QED) is 0.700. The second-order valence-corrected chi connectivity index (χ2v) is 8.18. The fourth-order valence-corrected chi connectivity index (χ4v) is 4.04. The van der Waals surface area contributed by atoms with Crippen LogP contribution in [0.15, 0.2) is 23.0 Å². The molecule has 0 unspecified atom stereocenters. The third kappa shape index (κ3) is 5.07. The summed E-state index contributed by atoms with van der Waals surface area (Å²) in [7, 11) is 1.40. The van der Waals surface area contributed by atoms with E-state index in [1.54, 1.807) is 12.1 Å². The molecule has 2 aromatic rings. The van der Waals surface area contributed by atoms with Crippen molar-refractivity contribution in [2.24, 2.45) is 0 Å². The second kappa shape index (κ2) is 9.09. The summed E-state index contributed by atoms with van der Waals surface area (Å²) in [5.41, 5.74) is -0.157. The van der Waals surface area contributed by atoms with Gasteiger partial charge in [0.2, 0.25) is 5.95 Å². The van der Waals surface area contributed by atoms with E-state index in [0.717, 1.165) is 25.7 Å². The molecule has 0 spiro atoms. The van der Waals surface area contributed by atoms with Gasteiger partial charge in [-0.05, 0) is 37.8 Å². The summed E-state index contributed by atoms with van der Waals surface area (Å²) in [6.07, 6.45) is 3.55. The molecule has 0 bridgehead atoms. The maximum atomic E-state index is 14.1. The molecule has 2 fully saturated rings. The predicted molar refractivity (Wildman–Crippen MR) is 113 cm³/mol. The van der Waals surface area contributed by atoms with Crippen LogP contribution in [0, 0.1) is 5.82 Å². The number of urea groups is 1. The minimum atomic E-state index is -0.536. The maximum absolute atomic E-state index is 14.1. The van der Waals surface area contributed by atoms with Crippen molar-refractivity contribution in [1.82, 2.24) is 25.2 Å². The number of hydrogen-bond donors (Lipinski definition) is 2. The molecule has 1 aliphatic heterocycles. The minimum Gasteiger partial charge on any atom is -0.467 e. The average molecular weight is 451 g/mol. The molecule has 1 atom stereocenters. The number of rotatable bonds is 6. The Balaban J connectivity index is 1.46. The van der Waals surface area contributed by atoms with Crippen LogP contribution in [-0.4, -0.2) is 58.2 Å². The van der Waals surface area contributed by atoms with E-state index in [-0.39, 0.29) is 30.7 Å². The van der Waals surface area contributed by atoms with Gasteiger partial charge in [0, 0.05) is 36.3 Å². The van der Waals surface area contributed by atoms with Gasteiger partial charge >= 0.3 is 17.7 Å². The van der Waals surface area contributed by atoms with Gasteiger partial charge in [0.1, 0.15) is 5.82 Å². The van der Waals surface area contributed by atoms with Gasteiger partial charge in [0.05, 0.1) is 13.2 Å². The SMILES string of the molecule is COc1nc(N2CCC[C@@H](N(C(=O)NCc3ccc(Cl)cc3F)C3CC3)C2)[nH]c(=O)n1. The van der Waals surface area contributed by atoms with Gasteiger partial charge in [-0.15, -0.1) is 4.98 Å². The summed E-state index contributed by atoms with van der Waals surface area (Å²) < 4.78 is 19.0. The van der Waals surface area contributed by atoms with Crippen LogP contribution >= 0.6 is 11.6 Å². The molecule has 1 saturated heterocycles. The lowest BCUT2D eigenvalue weighted by Gasteiger charge is -2.39. The topological polar surface area (TPSA) is 103 Å². The van der Waals surface area contributed by atoms with E-state index in [2.05, 4.69) is 20.3 Å². The predicted octanol–water partition coefficient (Wildman–Crippen LogP) is 2.31. The fraction of sp³-hybridized carbons (Fsp3) is 0.500. The van der Waals surface area contributed by atoms with Crippen molar-refractivity contribution >= 4 is 23.6 Å². The summed E-state index contributed by atoms with van der Waals surface area (Å²) in [4.78, 5) is 39.1. The smallest absolute Gasteiger partial charge is 0.352 e. The van der Waals surface area contributed by atoms with E-state index < -0.39 is 11.5 Å². The highest BCUT2D eigenvalue weighted by Crippen LogP contribution is 2.32. The van der Waals surface area contributed by atoms with Gasteiger partial charge < -0.3 is 19.9 Å². The normalized spacial score (nSPS) is 18.5. The van der Waals surface area contributed by atoms with Gasteiger partial charge in [-0.3, -0.25) is 4.98 Å². The highest BCUT2D eigenvalue weighted by Gasteiger charge is 2.39. The van der Waals surface area contributed by atoms with Crippen LogP contribution in [0.2, 0.25) is 5.02 Å². The third-order valence-electron chi connectivity index (χ3n) is 5.51. The molecule has 2 aliphatic rings. The molecule has 166 valence electrons. The van der Waals surface area contributed by atoms with Crippen LogP contribution in [0.25, 0.3) is 0 Å². The van der Waals surface area contributed by atoms with Gasteiger partial charge in [-0.1, -0.05) is 17.7 Å². The first kappa shape index (κ1) is 21.4. The van der Waals surface area contributed by atoms with E-state index in [0.29, 0.717) is 29.6 Å². The molecular formula is C20H24ClFN6O3. The Bertz CT molecular complexity index is 1010. The van der Waals surface area contributed by atoms with Gasteiger partial charge in [-0.25, -0.2) is 14.0 Å². The Morgan fingerprint density at radius 1 is 1.35 bits per heavy atom. The number of anilines is 1. The molecule has 31 heavy (non-hydrogen) atoms. The highest BCUT2D eigenvalue weighted by molar-refractivity contribution is 6.30. The summed E-state index contributed by atoms with van der Waals surface area (Å²) in [6, 6.07) is 4.29. The molecule has 4 rings (SSSR count). The molecule has 2 amide bonds.